The van der Waals surface area contributed by atoms with Gasteiger partial charge in [0, 0.05) is 0 Å². The van der Waals surface area contributed by atoms with Crippen molar-refractivity contribution < 1.29 is 9.90 Å². The number of hydrogen-bond acceptors (Lipinski definition) is 4. The van der Waals surface area contributed by atoms with Crippen LogP contribution in [0.4, 0.5) is 5.95 Å². The van der Waals surface area contributed by atoms with Gasteiger partial charge in [0.2, 0.25) is 5.95 Å². The van der Waals surface area contributed by atoms with Crippen molar-refractivity contribution in [2.75, 3.05) is 4.90 Å². The minimum absolute atomic E-state index is 0.233. The molecule has 0 saturated heterocycles. The van der Waals surface area contributed by atoms with Gasteiger partial charge < -0.3 is 5.11 Å². The summed E-state index contributed by atoms with van der Waals surface area (Å²) in [6, 6.07) is 0. The first-order chi connectivity index (χ1) is 6.63. The van der Waals surface area contributed by atoms with Crippen molar-refractivity contribution in [2.24, 2.45) is 0 Å². The lowest BCUT2D eigenvalue weighted by Crippen LogP contribution is -2.35. The van der Waals surface area contributed by atoms with Crippen molar-refractivity contribution in [1.82, 2.24) is 15.2 Å². The van der Waals surface area contributed by atoms with Crippen LogP contribution in [0.2, 0.25) is 0 Å². The number of nitrogens with zero attached hydrogens (tertiary/aromatic N) is 3. The normalized spacial score (nSPS) is 22.4. The van der Waals surface area contributed by atoms with Gasteiger partial charge in [0.25, 0.3) is 5.91 Å². The number of aromatic amines is 1. The van der Waals surface area contributed by atoms with Gasteiger partial charge in [0.15, 0.2) is 6.23 Å². The van der Waals surface area contributed by atoms with E-state index >= 15 is 0 Å². The summed E-state index contributed by atoms with van der Waals surface area (Å²) in [6.45, 7) is 1.67. The molecule has 7 heteroatoms. The number of aliphatic hydroxyl groups is 1. The second-order valence-corrected chi connectivity index (χ2v) is 3.65. The van der Waals surface area contributed by atoms with Crippen molar-refractivity contribution in [3.63, 3.8) is 0 Å². The molecule has 0 aromatic carbocycles. The van der Waals surface area contributed by atoms with Gasteiger partial charge in [-0.2, -0.15) is 10.1 Å². The first-order valence-corrected chi connectivity index (χ1v) is 4.65. The fraction of sp³-hybridized carbons (Fsp3) is 0.286. The molecule has 74 valence electrons. The second-order valence-electron chi connectivity index (χ2n) is 2.85. The van der Waals surface area contributed by atoms with Crippen LogP contribution in [0.25, 0.3) is 0 Å². The number of aromatic nitrogens is 3. The zero-order valence-corrected chi connectivity index (χ0v) is 8.82. The van der Waals surface area contributed by atoms with Crippen LogP contribution in [0.1, 0.15) is 6.92 Å². The first kappa shape index (κ1) is 9.35. The third-order valence-corrected chi connectivity index (χ3v) is 2.98. The summed E-state index contributed by atoms with van der Waals surface area (Å²) in [4.78, 5) is 16.5. The Bertz CT molecular complexity index is 400. The molecular formula is C7H7BrN4O2. The summed E-state index contributed by atoms with van der Waals surface area (Å²) in [7, 11) is 0. The summed E-state index contributed by atoms with van der Waals surface area (Å²) < 4.78 is 0.362. The highest BCUT2D eigenvalue weighted by Gasteiger charge is 2.37. The molecule has 0 bridgehead atoms. The Balaban J connectivity index is 2.39. The highest BCUT2D eigenvalue weighted by molar-refractivity contribution is 9.12. The zero-order valence-electron chi connectivity index (χ0n) is 7.23. The van der Waals surface area contributed by atoms with Gasteiger partial charge >= 0.3 is 0 Å². The van der Waals surface area contributed by atoms with Gasteiger partial charge in [-0.25, -0.2) is 10.00 Å². The average Bonchev–Trinajstić information content (AvgIpc) is 2.73. The predicted molar refractivity (Wildman–Crippen MR) is 51.5 cm³/mol. The van der Waals surface area contributed by atoms with Crippen molar-refractivity contribution >= 4 is 27.8 Å². The van der Waals surface area contributed by atoms with Crippen LogP contribution in [-0.2, 0) is 4.79 Å². The minimum Gasteiger partial charge on any atom is -0.369 e. The van der Waals surface area contributed by atoms with E-state index in [1.807, 2.05) is 0 Å². The molecule has 1 aromatic heterocycles. The van der Waals surface area contributed by atoms with Crippen molar-refractivity contribution in [3.05, 3.63) is 16.4 Å². The number of amides is 1. The van der Waals surface area contributed by atoms with Gasteiger partial charge in [0.05, 0.1) is 4.48 Å². The van der Waals surface area contributed by atoms with Crippen LogP contribution in [0.15, 0.2) is 16.4 Å². The lowest BCUT2D eigenvalue weighted by Gasteiger charge is -2.17. The molecule has 1 atom stereocenters. The monoisotopic (exact) mass is 258 g/mol. The summed E-state index contributed by atoms with van der Waals surface area (Å²) in [5.41, 5.74) is 0.561. The Morgan fingerprint density at radius 1 is 1.71 bits per heavy atom. The van der Waals surface area contributed by atoms with Gasteiger partial charge in [-0.05, 0) is 28.4 Å². The third-order valence-electron chi connectivity index (χ3n) is 2.02. The maximum absolute atomic E-state index is 11.6. The lowest BCUT2D eigenvalue weighted by molar-refractivity contribution is -0.115. The molecule has 2 rings (SSSR count). The highest BCUT2D eigenvalue weighted by atomic mass is 79.9. The quantitative estimate of drug-likeness (QED) is 0.751. The molecule has 1 aromatic rings. The fourth-order valence-corrected chi connectivity index (χ4v) is 1.62. The Kier molecular flexibility index (Phi) is 2.12. The molecule has 2 heterocycles. The van der Waals surface area contributed by atoms with E-state index in [9.17, 15) is 9.90 Å². The zero-order chi connectivity index (χ0) is 10.3. The number of halogens is 1. The second kappa shape index (κ2) is 3.18. The molecule has 0 spiro atoms. The van der Waals surface area contributed by atoms with Crippen LogP contribution in [0.5, 0.6) is 0 Å². The van der Waals surface area contributed by atoms with E-state index in [-0.39, 0.29) is 11.9 Å². The molecule has 1 aliphatic heterocycles. The molecule has 0 aliphatic carbocycles. The molecule has 6 nitrogen and oxygen atoms in total. The number of hydrogen-bond donors (Lipinski definition) is 2. The van der Waals surface area contributed by atoms with E-state index in [1.54, 1.807) is 6.92 Å². The Labute approximate surface area is 87.8 Å². The number of carbonyl (C=O) groups excluding carboxylic acids is 1. The largest absolute Gasteiger partial charge is 0.369 e. The fourth-order valence-electron chi connectivity index (χ4n) is 1.22. The first-order valence-electron chi connectivity index (χ1n) is 3.86. The van der Waals surface area contributed by atoms with Gasteiger partial charge in [0.1, 0.15) is 6.33 Å². The van der Waals surface area contributed by atoms with Crippen LogP contribution in [0.3, 0.4) is 0 Å². The Morgan fingerprint density at radius 2 is 2.43 bits per heavy atom. The standard InChI is InChI=1S/C7H7BrN4O2/c1-3-4(8)6(14)12(5(3)13)7-9-2-10-11-7/h2,5,13H,1H3,(H,9,10,11). The van der Waals surface area contributed by atoms with E-state index in [0.717, 1.165) is 4.90 Å². The minimum atomic E-state index is -0.982. The molecule has 0 radical (unpaired) electrons. The summed E-state index contributed by atoms with van der Waals surface area (Å²) >= 11 is 3.10. The summed E-state index contributed by atoms with van der Waals surface area (Å²) in [5.74, 6) is -0.0944. The summed E-state index contributed by atoms with van der Waals surface area (Å²) in [5, 5.41) is 15.8. The van der Waals surface area contributed by atoms with E-state index in [0.29, 0.717) is 10.1 Å². The van der Waals surface area contributed by atoms with Gasteiger partial charge in [-0.15, -0.1) is 0 Å². The number of nitrogens with one attached hydrogen (secondary N) is 1. The molecule has 1 aliphatic rings. The van der Waals surface area contributed by atoms with Gasteiger partial charge in [-0.1, -0.05) is 0 Å². The number of H-pyrrole nitrogens is 1. The maximum atomic E-state index is 11.6. The Morgan fingerprint density at radius 3 is 2.86 bits per heavy atom. The predicted octanol–water partition coefficient (Wildman–Crippen LogP) is 0.139. The number of aliphatic hydroxyl groups excluding tert-OH is 1. The highest BCUT2D eigenvalue weighted by Crippen LogP contribution is 2.30. The molecule has 1 unspecified atom stereocenters. The van der Waals surface area contributed by atoms with E-state index < -0.39 is 6.23 Å². The molecular weight excluding hydrogens is 252 g/mol. The number of carbonyl (C=O) groups is 1. The van der Waals surface area contributed by atoms with E-state index in [1.165, 1.54) is 6.33 Å². The molecule has 14 heavy (non-hydrogen) atoms. The topological polar surface area (TPSA) is 82.1 Å². The van der Waals surface area contributed by atoms with Crippen LogP contribution >= 0.6 is 15.9 Å². The van der Waals surface area contributed by atoms with Crippen LogP contribution < -0.4 is 4.90 Å². The Hall–Kier alpha value is -1.21. The van der Waals surface area contributed by atoms with E-state index in [4.69, 9.17) is 0 Å². The number of anilines is 1. The summed E-state index contributed by atoms with van der Waals surface area (Å²) in [6.07, 6.45) is 0.293. The molecule has 0 saturated carbocycles. The van der Waals surface area contributed by atoms with Crippen LogP contribution in [0, 0.1) is 0 Å². The molecule has 0 fully saturated rings. The van der Waals surface area contributed by atoms with Gasteiger partial charge in [-0.3, -0.25) is 4.79 Å². The third kappa shape index (κ3) is 1.17. The van der Waals surface area contributed by atoms with Crippen molar-refractivity contribution in [1.29, 1.82) is 0 Å². The maximum Gasteiger partial charge on any atom is 0.270 e. The van der Waals surface area contributed by atoms with Crippen molar-refractivity contribution in [2.45, 2.75) is 13.2 Å². The molecule has 1 amide bonds. The SMILES string of the molecule is CC1=C(Br)C(=O)N(c2ncn[nH]2)C1O. The smallest absolute Gasteiger partial charge is 0.270 e. The average molecular weight is 259 g/mol. The lowest BCUT2D eigenvalue weighted by atomic mass is 10.3. The number of rotatable bonds is 1. The van der Waals surface area contributed by atoms with Crippen LogP contribution in [-0.4, -0.2) is 32.4 Å². The van der Waals surface area contributed by atoms with E-state index in [2.05, 4.69) is 31.1 Å². The molecule has 2 N–H and O–H groups in total. The van der Waals surface area contributed by atoms with Crippen molar-refractivity contribution in [3.8, 4) is 0 Å².